The highest BCUT2D eigenvalue weighted by molar-refractivity contribution is 5.78. The minimum atomic E-state index is -0.102. The Morgan fingerprint density at radius 3 is 2.76 bits per heavy atom. The van der Waals surface area contributed by atoms with Gasteiger partial charge in [0.15, 0.2) is 0 Å². The number of nitrogens with zero attached hydrogens (tertiary/aromatic N) is 4. The first-order chi connectivity index (χ1) is 14.1. The Kier molecular flexibility index (Phi) is 5.79. The van der Waals surface area contributed by atoms with Gasteiger partial charge in [0.05, 0.1) is 11.9 Å². The highest BCUT2D eigenvalue weighted by Crippen LogP contribution is 2.26. The van der Waals surface area contributed by atoms with Gasteiger partial charge in [-0.1, -0.05) is 36.4 Å². The Morgan fingerprint density at radius 1 is 1.21 bits per heavy atom. The number of anilines is 1. The van der Waals surface area contributed by atoms with Crippen LogP contribution in [0.4, 0.5) is 5.69 Å². The second-order valence-corrected chi connectivity index (χ2v) is 8.02. The molecule has 1 fully saturated rings. The van der Waals surface area contributed by atoms with Crippen LogP contribution in [0, 0.1) is 5.92 Å². The lowest BCUT2D eigenvalue weighted by Gasteiger charge is -2.35. The van der Waals surface area contributed by atoms with Crippen molar-refractivity contribution >= 4 is 17.2 Å². The number of piperidine rings is 1. The summed E-state index contributed by atoms with van der Waals surface area (Å²) in [6.45, 7) is 3.19. The van der Waals surface area contributed by atoms with Crippen molar-refractivity contribution in [3.05, 3.63) is 64.6 Å². The molecule has 4 rings (SSSR count). The van der Waals surface area contributed by atoms with Crippen molar-refractivity contribution in [2.75, 3.05) is 31.1 Å². The van der Waals surface area contributed by atoms with E-state index in [-0.39, 0.29) is 11.5 Å². The van der Waals surface area contributed by atoms with Crippen LogP contribution < -0.4 is 10.5 Å². The molecule has 0 saturated carbocycles. The molecule has 1 unspecified atom stereocenters. The van der Waals surface area contributed by atoms with Crippen molar-refractivity contribution in [3.8, 4) is 0 Å². The Labute approximate surface area is 171 Å². The molecule has 2 aliphatic rings. The molecule has 0 bridgehead atoms. The Morgan fingerprint density at radius 2 is 2.03 bits per heavy atom. The summed E-state index contributed by atoms with van der Waals surface area (Å²) in [7, 11) is 1.65. The molecule has 0 N–H and O–H groups in total. The number of hydrogen-bond donors (Lipinski definition) is 0. The standard InChI is InChI=1S/C23H28N4O2/c1-25-22(28)15-21(16-24-25)27-11-5-6-18(17-27)14-23(29)26-12-9-20(10-13-26)19-7-3-2-4-8-19/h2-4,7-9,15-16,18H,5-6,10-14,17H2,1H3. The van der Waals surface area contributed by atoms with Crippen LogP contribution in [-0.2, 0) is 11.8 Å². The van der Waals surface area contributed by atoms with E-state index in [1.165, 1.54) is 15.8 Å². The molecule has 152 valence electrons. The van der Waals surface area contributed by atoms with Gasteiger partial charge in [-0.3, -0.25) is 9.59 Å². The van der Waals surface area contributed by atoms with Gasteiger partial charge in [-0.2, -0.15) is 5.10 Å². The predicted octanol–water partition coefficient (Wildman–Crippen LogP) is 2.70. The Bertz CT molecular complexity index is 951. The van der Waals surface area contributed by atoms with Crippen molar-refractivity contribution in [1.29, 1.82) is 0 Å². The number of carbonyl (C=O) groups is 1. The molecular weight excluding hydrogens is 364 g/mol. The summed E-state index contributed by atoms with van der Waals surface area (Å²) in [5.74, 6) is 0.558. The largest absolute Gasteiger partial charge is 0.370 e. The van der Waals surface area contributed by atoms with Gasteiger partial charge in [0.2, 0.25) is 5.91 Å². The van der Waals surface area contributed by atoms with Gasteiger partial charge in [-0.25, -0.2) is 4.68 Å². The predicted molar refractivity (Wildman–Crippen MR) is 115 cm³/mol. The van der Waals surface area contributed by atoms with Crippen LogP contribution in [0.2, 0.25) is 0 Å². The Hall–Kier alpha value is -2.89. The fraction of sp³-hybridized carbons (Fsp3) is 0.435. The van der Waals surface area contributed by atoms with Crippen LogP contribution in [-0.4, -0.2) is 46.8 Å². The zero-order valence-electron chi connectivity index (χ0n) is 17.0. The molecular formula is C23H28N4O2. The van der Waals surface area contributed by atoms with Crippen LogP contribution >= 0.6 is 0 Å². The van der Waals surface area contributed by atoms with Crippen LogP contribution in [0.5, 0.6) is 0 Å². The quantitative estimate of drug-likeness (QED) is 0.803. The van der Waals surface area contributed by atoms with Crippen molar-refractivity contribution in [2.45, 2.75) is 25.7 Å². The fourth-order valence-electron chi connectivity index (χ4n) is 4.29. The second kappa shape index (κ2) is 8.64. The van der Waals surface area contributed by atoms with Gasteiger partial charge in [-0.05, 0) is 36.3 Å². The number of rotatable bonds is 4. The first-order valence-corrected chi connectivity index (χ1v) is 10.4. The summed E-state index contributed by atoms with van der Waals surface area (Å²) in [5.41, 5.74) is 3.34. The van der Waals surface area contributed by atoms with Crippen LogP contribution in [0.25, 0.3) is 5.57 Å². The molecule has 1 aromatic carbocycles. The number of carbonyl (C=O) groups excluding carboxylic acids is 1. The maximum Gasteiger partial charge on any atom is 0.268 e. The van der Waals surface area contributed by atoms with E-state index in [9.17, 15) is 9.59 Å². The first-order valence-electron chi connectivity index (χ1n) is 10.4. The molecule has 1 amide bonds. The van der Waals surface area contributed by atoms with Gasteiger partial charge < -0.3 is 9.80 Å². The van der Waals surface area contributed by atoms with E-state index in [0.29, 0.717) is 18.9 Å². The number of amides is 1. The number of hydrogen-bond acceptors (Lipinski definition) is 4. The molecule has 29 heavy (non-hydrogen) atoms. The van der Waals surface area contributed by atoms with E-state index in [2.05, 4.69) is 40.3 Å². The first kappa shape index (κ1) is 19.4. The third-order valence-corrected chi connectivity index (χ3v) is 6.01. The topological polar surface area (TPSA) is 58.4 Å². The van der Waals surface area contributed by atoms with E-state index in [1.807, 2.05) is 11.0 Å². The average Bonchev–Trinajstić information content (AvgIpc) is 2.76. The summed E-state index contributed by atoms with van der Waals surface area (Å²) in [6, 6.07) is 12.0. The molecule has 1 atom stereocenters. The zero-order valence-corrected chi connectivity index (χ0v) is 17.0. The summed E-state index contributed by atoms with van der Waals surface area (Å²) in [4.78, 5) is 28.9. The molecule has 6 heteroatoms. The van der Waals surface area contributed by atoms with Crippen molar-refractivity contribution < 1.29 is 4.79 Å². The zero-order chi connectivity index (χ0) is 20.2. The minimum Gasteiger partial charge on any atom is -0.370 e. The smallest absolute Gasteiger partial charge is 0.268 e. The second-order valence-electron chi connectivity index (χ2n) is 8.02. The van der Waals surface area contributed by atoms with Gasteiger partial charge in [-0.15, -0.1) is 0 Å². The van der Waals surface area contributed by atoms with Crippen molar-refractivity contribution in [2.24, 2.45) is 13.0 Å². The molecule has 2 aliphatic heterocycles. The summed E-state index contributed by atoms with van der Waals surface area (Å²) < 4.78 is 1.34. The third kappa shape index (κ3) is 4.58. The number of aryl methyl sites for hydroxylation is 1. The minimum absolute atomic E-state index is 0.102. The summed E-state index contributed by atoms with van der Waals surface area (Å²) in [6.07, 6.45) is 7.50. The van der Waals surface area contributed by atoms with Crippen LogP contribution in [0.3, 0.4) is 0 Å². The van der Waals surface area contributed by atoms with Gasteiger partial charge in [0, 0.05) is 45.7 Å². The lowest BCUT2D eigenvalue weighted by molar-refractivity contribution is -0.131. The normalized spacial score (nSPS) is 19.8. The summed E-state index contributed by atoms with van der Waals surface area (Å²) in [5, 5.41) is 4.13. The lowest BCUT2D eigenvalue weighted by Crippen LogP contribution is -2.40. The maximum absolute atomic E-state index is 12.9. The highest BCUT2D eigenvalue weighted by Gasteiger charge is 2.26. The lowest BCUT2D eigenvalue weighted by atomic mass is 9.93. The molecule has 1 saturated heterocycles. The van der Waals surface area contributed by atoms with Gasteiger partial charge in [0.1, 0.15) is 0 Å². The molecule has 0 spiro atoms. The molecule has 2 aromatic rings. The van der Waals surface area contributed by atoms with Gasteiger partial charge in [0.25, 0.3) is 5.56 Å². The van der Waals surface area contributed by atoms with E-state index in [1.54, 1.807) is 19.3 Å². The SMILES string of the molecule is Cn1ncc(N2CCCC(CC(=O)N3CC=C(c4ccccc4)CC3)C2)cc1=O. The number of aromatic nitrogens is 2. The maximum atomic E-state index is 12.9. The molecule has 1 aromatic heterocycles. The third-order valence-electron chi connectivity index (χ3n) is 6.01. The molecule has 0 radical (unpaired) electrons. The molecule has 0 aliphatic carbocycles. The van der Waals surface area contributed by atoms with Crippen molar-refractivity contribution in [1.82, 2.24) is 14.7 Å². The van der Waals surface area contributed by atoms with E-state index in [0.717, 1.165) is 44.6 Å². The molecule has 6 nitrogen and oxygen atoms in total. The van der Waals surface area contributed by atoms with Crippen LogP contribution in [0.1, 0.15) is 31.2 Å². The number of benzene rings is 1. The monoisotopic (exact) mass is 392 g/mol. The average molecular weight is 393 g/mol. The summed E-state index contributed by atoms with van der Waals surface area (Å²) >= 11 is 0. The van der Waals surface area contributed by atoms with E-state index in [4.69, 9.17) is 0 Å². The van der Waals surface area contributed by atoms with Gasteiger partial charge >= 0.3 is 0 Å². The highest BCUT2D eigenvalue weighted by atomic mass is 16.2. The van der Waals surface area contributed by atoms with Crippen LogP contribution in [0.15, 0.2) is 53.5 Å². The van der Waals surface area contributed by atoms with Crippen molar-refractivity contribution in [3.63, 3.8) is 0 Å². The fourth-order valence-corrected chi connectivity index (χ4v) is 4.29. The van der Waals surface area contributed by atoms with E-state index < -0.39 is 0 Å². The molecule has 3 heterocycles. The Balaban J connectivity index is 1.34. The van der Waals surface area contributed by atoms with E-state index >= 15 is 0 Å².